The molecular weight excluding hydrogens is 391 g/mol. The molecule has 0 heterocycles. The maximum Gasteiger partial charge on any atom is 0.417 e. The number of ether oxygens (including phenoxy) is 1. The second kappa shape index (κ2) is 9.94. The molecule has 0 amide bonds. The van der Waals surface area contributed by atoms with Gasteiger partial charge in [-0.2, -0.15) is 13.2 Å². The number of nitrogens with zero attached hydrogens (tertiary/aromatic N) is 1. The van der Waals surface area contributed by atoms with Crippen LogP contribution in [0.25, 0.3) is 0 Å². The molecule has 0 unspecified atom stereocenters. The molecule has 0 bridgehead atoms. The molecule has 0 aliphatic heterocycles. The molecule has 1 aliphatic carbocycles. The van der Waals surface area contributed by atoms with Crippen LogP contribution in [0.5, 0.6) is 0 Å². The van der Waals surface area contributed by atoms with Crippen molar-refractivity contribution in [2.45, 2.75) is 69.6 Å². The third kappa shape index (κ3) is 5.84. The van der Waals surface area contributed by atoms with Crippen molar-refractivity contribution in [3.63, 3.8) is 0 Å². The standard InChI is InChI=1S/C24H30F3NO2/c1-19(29)18-30-23(24(25,26)27)14-12-22(13-15-23)28(16-20-8-4-2-5-9-20)17-21-10-6-3-7-11-21/h2-11,19,22,29H,12-18H2,1H3/t19-,22?,23?/m0/s1. The Kier molecular flexibility index (Phi) is 7.55. The van der Waals surface area contributed by atoms with Gasteiger partial charge in [-0.05, 0) is 43.7 Å². The van der Waals surface area contributed by atoms with Gasteiger partial charge in [0.15, 0.2) is 5.60 Å². The Morgan fingerprint density at radius 3 is 1.83 bits per heavy atom. The monoisotopic (exact) mass is 421 g/mol. The Labute approximate surface area is 176 Å². The van der Waals surface area contributed by atoms with Crippen molar-refractivity contribution in [3.8, 4) is 0 Å². The number of aliphatic hydroxyl groups excluding tert-OH is 1. The van der Waals surface area contributed by atoms with Gasteiger partial charge in [-0.25, -0.2) is 0 Å². The summed E-state index contributed by atoms with van der Waals surface area (Å²) in [4.78, 5) is 2.28. The van der Waals surface area contributed by atoms with E-state index in [1.165, 1.54) is 6.92 Å². The Morgan fingerprint density at radius 1 is 0.967 bits per heavy atom. The summed E-state index contributed by atoms with van der Waals surface area (Å²) in [6.07, 6.45) is -4.74. The summed E-state index contributed by atoms with van der Waals surface area (Å²) in [7, 11) is 0. The number of hydrogen-bond donors (Lipinski definition) is 1. The molecule has 1 N–H and O–H groups in total. The van der Waals surface area contributed by atoms with E-state index in [9.17, 15) is 18.3 Å². The minimum absolute atomic E-state index is 0.0380. The summed E-state index contributed by atoms with van der Waals surface area (Å²) in [5.74, 6) is 0. The van der Waals surface area contributed by atoms with Crippen molar-refractivity contribution < 1.29 is 23.0 Å². The molecular formula is C24H30F3NO2. The quantitative estimate of drug-likeness (QED) is 0.625. The summed E-state index contributed by atoms with van der Waals surface area (Å²) in [5, 5.41) is 9.43. The van der Waals surface area contributed by atoms with Crippen LogP contribution in [0.15, 0.2) is 60.7 Å². The Morgan fingerprint density at radius 2 is 1.43 bits per heavy atom. The lowest BCUT2D eigenvalue weighted by Crippen LogP contribution is -2.53. The second-order valence-corrected chi connectivity index (χ2v) is 8.26. The zero-order valence-electron chi connectivity index (χ0n) is 17.3. The highest BCUT2D eigenvalue weighted by atomic mass is 19.4. The molecule has 3 nitrogen and oxygen atoms in total. The normalized spacial score (nSPS) is 23.5. The first-order valence-electron chi connectivity index (χ1n) is 10.5. The average molecular weight is 422 g/mol. The van der Waals surface area contributed by atoms with Crippen LogP contribution in [-0.4, -0.2) is 40.5 Å². The second-order valence-electron chi connectivity index (χ2n) is 8.26. The topological polar surface area (TPSA) is 32.7 Å². The highest BCUT2D eigenvalue weighted by Crippen LogP contribution is 2.45. The zero-order valence-corrected chi connectivity index (χ0v) is 17.3. The van der Waals surface area contributed by atoms with Gasteiger partial charge in [-0.3, -0.25) is 4.90 Å². The van der Waals surface area contributed by atoms with E-state index in [1.54, 1.807) is 0 Å². The molecule has 0 saturated heterocycles. The van der Waals surface area contributed by atoms with Gasteiger partial charge >= 0.3 is 6.18 Å². The minimum atomic E-state index is -4.45. The van der Waals surface area contributed by atoms with Crippen LogP contribution in [-0.2, 0) is 17.8 Å². The molecule has 6 heteroatoms. The molecule has 2 aromatic carbocycles. The van der Waals surface area contributed by atoms with Gasteiger partial charge in [0.1, 0.15) is 0 Å². The van der Waals surface area contributed by atoms with Gasteiger partial charge in [-0.1, -0.05) is 60.7 Å². The first kappa shape index (κ1) is 22.8. The van der Waals surface area contributed by atoms with E-state index >= 15 is 0 Å². The lowest BCUT2D eigenvalue weighted by atomic mass is 9.80. The largest absolute Gasteiger partial charge is 0.417 e. The Balaban J connectivity index is 1.74. The van der Waals surface area contributed by atoms with Crippen LogP contribution in [0.1, 0.15) is 43.7 Å². The molecule has 0 aromatic heterocycles. The Bertz CT molecular complexity index is 716. The average Bonchev–Trinajstić information content (AvgIpc) is 2.73. The minimum Gasteiger partial charge on any atom is -0.391 e. The fraction of sp³-hybridized carbons (Fsp3) is 0.500. The lowest BCUT2D eigenvalue weighted by molar-refractivity contribution is -0.294. The number of rotatable bonds is 8. The van der Waals surface area contributed by atoms with Crippen LogP contribution in [0.3, 0.4) is 0 Å². The maximum absolute atomic E-state index is 13.8. The molecule has 164 valence electrons. The van der Waals surface area contributed by atoms with Crippen molar-refractivity contribution in [2.24, 2.45) is 0 Å². The first-order valence-corrected chi connectivity index (χ1v) is 10.5. The summed E-state index contributed by atoms with van der Waals surface area (Å²) in [6.45, 7) is 2.51. The van der Waals surface area contributed by atoms with Crippen LogP contribution in [0.4, 0.5) is 13.2 Å². The van der Waals surface area contributed by atoms with Gasteiger partial charge in [0.2, 0.25) is 0 Å². The molecule has 1 saturated carbocycles. The predicted octanol–water partition coefficient (Wildman–Crippen LogP) is 5.33. The fourth-order valence-electron chi connectivity index (χ4n) is 4.17. The SMILES string of the molecule is C[C@H](O)COC1(C(F)(F)F)CCC(N(Cc2ccccc2)Cc2ccccc2)CC1. The van der Waals surface area contributed by atoms with Crippen LogP contribution < -0.4 is 0 Å². The van der Waals surface area contributed by atoms with E-state index in [-0.39, 0.29) is 25.5 Å². The molecule has 30 heavy (non-hydrogen) atoms. The molecule has 2 aromatic rings. The third-order valence-electron chi connectivity index (χ3n) is 5.85. The van der Waals surface area contributed by atoms with Gasteiger partial charge in [0, 0.05) is 19.1 Å². The smallest absolute Gasteiger partial charge is 0.391 e. The predicted molar refractivity (Wildman–Crippen MR) is 111 cm³/mol. The van der Waals surface area contributed by atoms with E-state index in [1.807, 2.05) is 60.7 Å². The van der Waals surface area contributed by atoms with Crippen molar-refractivity contribution in [3.05, 3.63) is 71.8 Å². The molecule has 0 spiro atoms. The molecule has 1 atom stereocenters. The summed E-state index contributed by atoms with van der Waals surface area (Å²) in [6, 6.07) is 20.1. The molecule has 1 fully saturated rings. The van der Waals surface area contributed by atoms with Crippen LogP contribution >= 0.6 is 0 Å². The van der Waals surface area contributed by atoms with Gasteiger partial charge in [0.25, 0.3) is 0 Å². The molecule has 0 radical (unpaired) electrons. The summed E-state index contributed by atoms with van der Waals surface area (Å²) < 4.78 is 46.8. The maximum atomic E-state index is 13.8. The fourth-order valence-corrected chi connectivity index (χ4v) is 4.17. The first-order chi connectivity index (χ1) is 14.3. The van der Waals surface area contributed by atoms with E-state index in [4.69, 9.17) is 4.74 Å². The van der Waals surface area contributed by atoms with Crippen LogP contribution in [0, 0.1) is 0 Å². The van der Waals surface area contributed by atoms with Crippen molar-refractivity contribution in [2.75, 3.05) is 6.61 Å². The number of hydrogen-bond acceptors (Lipinski definition) is 3. The molecule has 1 aliphatic rings. The highest BCUT2D eigenvalue weighted by molar-refractivity contribution is 5.17. The number of alkyl halides is 3. The van der Waals surface area contributed by atoms with Gasteiger partial charge < -0.3 is 9.84 Å². The third-order valence-corrected chi connectivity index (χ3v) is 5.85. The van der Waals surface area contributed by atoms with Crippen molar-refractivity contribution in [1.82, 2.24) is 4.90 Å². The van der Waals surface area contributed by atoms with E-state index in [2.05, 4.69) is 4.90 Å². The van der Waals surface area contributed by atoms with Crippen LogP contribution in [0.2, 0.25) is 0 Å². The summed E-state index contributed by atoms with van der Waals surface area (Å²) >= 11 is 0. The Hall–Kier alpha value is -1.89. The van der Waals surface area contributed by atoms with Crippen molar-refractivity contribution in [1.29, 1.82) is 0 Å². The van der Waals surface area contributed by atoms with E-state index < -0.39 is 17.9 Å². The number of benzene rings is 2. The lowest BCUT2D eigenvalue weighted by Gasteiger charge is -2.44. The highest BCUT2D eigenvalue weighted by Gasteiger charge is 2.57. The number of halogens is 3. The number of aliphatic hydroxyl groups is 1. The van der Waals surface area contributed by atoms with Gasteiger partial charge in [0.05, 0.1) is 12.7 Å². The van der Waals surface area contributed by atoms with Gasteiger partial charge in [-0.15, -0.1) is 0 Å². The summed E-state index contributed by atoms with van der Waals surface area (Å²) in [5.41, 5.74) is 0.129. The van der Waals surface area contributed by atoms with Crippen molar-refractivity contribution >= 4 is 0 Å². The van der Waals surface area contributed by atoms with E-state index in [0.29, 0.717) is 25.9 Å². The van der Waals surface area contributed by atoms with E-state index in [0.717, 1.165) is 11.1 Å². The zero-order chi connectivity index (χ0) is 21.6. The molecule has 3 rings (SSSR count).